The van der Waals surface area contributed by atoms with Crippen molar-refractivity contribution in [2.75, 3.05) is 0 Å². The zero-order chi connectivity index (χ0) is 7.98. The van der Waals surface area contributed by atoms with Gasteiger partial charge in [0.15, 0.2) is 0 Å². The Labute approximate surface area is 60.1 Å². The summed E-state index contributed by atoms with van der Waals surface area (Å²) in [7, 11) is 0. The number of hydrazone groups is 1. The maximum Gasteiger partial charge on any atom is 0.266 e. The molecule has 1 amide bonds. The van der Waals surface area contributed by atoms with E-state index in [9.17, 15) is 4.79 Å². The van der Waals surface area contributed by atoms with Crippen LogP contribution in [0.1, 0.15) is 6.92 Å². The van der Waals surface area contributed by atoms with Crippen molar-refractivity contribution in [2.24, 2.45) is 5.10 Å². The van der Waals surface area contributed by atoms with Gasteiger partial charge in [0, 0.05) is 12.3 Å². The first-order valence-electron chi connectivity index (χ1n) is 2.77. The van der Waals surface area contributed by atoms with Crippen LogP contribution in [0.4, 0.5) is 0 Å². The van der Waals surface area contributed by atoms with Crippen LogP contribution in [-0.2, 0) is 4.79 Å². The molecule has 10 heavy (non-hydrogen) atoms. The molecule has 0 aliphatic carbocycles. The lowest BCUT2D eigenvalue weighted by Gasteiger charge is -1.95. The Hall–Kier alpha value is -1.38. The lowest BCUT2D eigenvalue weighted by molar-refractivity contribution is -0.117. The third-order valence-corrected chi connectivity index (χ3v) is 0.907. The molecule has 0 rings (SSSR count). The number of nitrogens with zero attached hydrogens (tertiary/aromatic N) is 1. The highest BCUT2D eigenvalue weighted by Gasteiger charge is 1.98. The van der Waals surface area contributed by atoms with Crippen LogP contribution in [0.2, 0.25) is 0 Å². The monoisotopic (exact) mass is 138 g/mol. The first-order valence-corrected chi connectivity index (χ1v) is 2.77. The van der Waals surface area contributed by atoms with E-state index in [0.29, 0.717) is 5.57 Å². The van der Waals surface area contributed by atoms with Gasteiger partial charge < -0.3 is 0 Å². The third-order valence-electron chi connectivity index (χ3n) is 0.907. The van der Waals surface area contributed by atoms with E-state index in [1.807, 2.05) is 0 Å². The molecular weight excluding hydrogens is 128 g/mol. The molecule has 0 aromatic carbocycles. The zero-order valence-corrected chi connectivity index (χ0v) is 5.92. The molecule has 0 saturated heterocycles. The van der Waals surface area contributed by atoms with E-state index in [1.165, 1.54) is 6.08 Å². The largest absolute Gasteiger partial charge is 0.268 e. The first-order chi connectivity index (χ1) is 4.72. The number of hydrogen-bond donors (Lipinski definition) is 1. The standard InChI is InChI=1S/C7H10N2O/c1-4-5-6(2)7(10)9-8-3/h4-5H,1,3H2,2H3,(H,9,10)/b6-5+. The number of carbonyl (C=O) groups is 1. The molecule has 0 heterocycles. The molecule has 3 nitrogen and oxygen atoms in total. The van der Waals surface area contributed by atoms with Crippen LogP contribution in [0.5, 0.6) is 0 Å². The zero-order valence-electron chi connectivity index (χ0n) is 5.92. The molecule has 0 radical (unpaired) electrons. The fraction of sp³-hybridized carbons (Fsp3) is 0.143. The number of nitrogens with one attached hydrogen (secondary N) is 1. The van der Waals surface area contributed by atoms with Crippen LogP contribution in [0.25, 0.3) is 0 Å². The minimum absolute atomic E-state index is 0.255. The summed E-state index contributed by atoms with van der Waals surface area (Å²) in [5, 5.41) is 3.21. The molecule has 0 aliphatic rings. The number of hydrogen-bond acceptors (Lipinski definition) is 2. The Morgan fingerprint density at radius 1 is 1.70 bits per heavy atom. The molecule has 0 bridgehead atoms. The molecule has 1 N–H and O–H groups in total. The SMILES string of the molecule is C=C/C=C(\C)C(=O)NN=C. The molecule has 0 aliphatic heterocycles. The van der Waals surface area contributed by atoms with Gasteiger partial charge in [0.2, 0.25) is 0 Å². The van der Waals surface area contributed by atoms with E-state index in [2.05, 4.69) is 23.8 Å². The summed E-state index contributed by atoms with van der Waals surface area (Å²) in [6, 6.07) is 0. The third kappa shape index (κ3) is 2.81. The molecule has 3 heteroatoms. The smallest absolute Gasteiger partial charge is 0.266 e. The van der Waals surface area contributed by atoms with Gasteiger partial charge in [-0.15, -0.1) is 0 Å². The van der Waals surface area contributed by atoms with Crippen molar-refractivity contribution in [1.82, 2.24) is 5.43 Å². The van der Waals surface area contributed by atoms with Crippen molar-refractivity contribution < 1.29 is 4.79 Å². The summed E-state index contributed by atoms with van der Waals surface area (Å²) in [5.41, 5.74) is 2.75. The van der Waals surface area contributed by atoms with Crippen LogP contribution >= 0.6 is 0 Å². The number of rotatable bonds is 3. The van der Waals surface area contributed by atoms with Gasteiger partial charge >= 0.3 is 0 Å². The Bertz CT molecular complexity index is 182. The van der Waals surface area contributed by atoms with Crippen LogP contribution in [0.3, 0.4) is 0 Å². The summed E-state index contributed by atoms with van der Waals surface area (Å²) in [6.07, 6.45) is 3.14. The Kier molecular flexibility index (Phi) is 3.87. The highest BCUT2D eigenvalue weighted by molar-refractivity contribution is 5.92. The molecule has 54 valence electrons. The summed E-state index contributed by atoms with van der Waals surface area (Å²) in [4.78, 5) is 10.8. The van der Waals surface area contributed by atoms with Gasteiger partial charge in [0.1, 0.15) is 0 Å². The fourth-order valence-corrected chi connectivity index (χ4v) is 0.412. The lowest BCUT2D eigenvalue weighted by atomic mass is 10.3. The van der Waals surface area contributed by atoms with Crippen molar-refractivity contribution in [3.05, 3.63) is 24.3 Å². The minimum Gasteiger partial charge on any atom is -0.268 e. The van der Waals surface area contributed by atoms with Crippen LogP contribution < -0.4 is 5.43 Å². The Morgan fingerprint density at radius 2 is 2.30 bits per heavy atom. The predicted molar refractivity (Wildman–Crippen MR) is 41.6 cm³/mol. The summed E-state index contributed by atoms with van der Waals surface area (Å²) in [6.45, 7) is 8.22. The highest BCUT2D eigenvalue weighted by Crippen LogP contribution is 1.90. The number of allylic oxidation sites excluding steroid dienone is 2. The molecule has 0 aromatic rings. The lowest BCUT2D eigenvalue weighted by Crippen LogP contribution is -2.17. The maximum atomic E-state index is 10.8. The minimum atomic E-state index is -0.255. The van der Waals surface area contributed by atoms with E-state index < -0.39 is 0 Å². The molecule has 0 spiro atoms. The van der Waals surface area contributed by atoms with Crippen LogP contribution in [-0.4, -0.2) is 12.6 Å². The molecule has 0 fully saturated rings. The topological polar surface area (TPSA) is 41.5 Å². The predicted octanol–water partition coefficient (Wildman–Crippen LogP) is 0.851. The summed E-state index contributed by atoms with van der Waals surface area (Å²) < 4.78 is 0. The average molecular weight is 138 g/mol. The van der Waals surface area contributed by atoms with Gasteiger partial charge in [-0.05, 0) is 6.92 Å². The van der Waals surface area contributed by atoms with Gasteiger partial charge in [0.25, 0.3) is 5.91 Å². The summed E-state index contributed by atoms with van der Waals surface area (Å²) >= 11 is 0. The first kappa shape index (κ1) is 8.62. The Balaban J connectivity index is 4.06. The van der Waals surface area contributed by atoms with E-state index in [0.717, 1.165) is 0 Å². The summed E-state index contributed by atoms with van der Waals surface area (Å²) in [5.74, 6) is -0.255. The van der Waals surface area contributed by atoms with Crippen molar-refractivity contribution in [3.63, 3.8) is 0 Å². The molecule has 0 unspecified atom stereocenters. The van der Waals surface area contributed by atoms with Gasteiger partial charge in [-0.3, -0.25) is 4.79 Å². The average Bonchev–Trinajstić information content (AvgIpc) is 1.89. The Morgan fingerprint density at radius 3 is 2.70 bits per heavy atom. The quantitative estimate of drug-likeness (QED) is 0.267. The van der Waals surface area contributed by atoms with E-state index in [4.69, 9.17) is 0 Å². The second-order valence-corrected chi connectivity index (χ2v) is 1.68. The normalized spacial score (nSPS) is 10.3. The fourth-order valence-electron chi connectivity index (χ4n) is 0.412. The van der Waals surface area contributed by atoms with E-state index in [1.54, 1.807) is 13.0 Å². The molecule has 0 atom stereocenters. The van der Waals surface area contributed by atoms with Crippen molar-refractivity contribution in [2.45, 2.75) is 6.92 Å². The van der Waals surface area contributed by atoms with Crippen molar-refractivity contribution in [1.29, 1.82) is 0 Å². The number of carbonyl (C=O) groups excluding carboxylic acids is 1. The highest BCUT2D eigenvalue weighted by atomic mass is 16.2. The van der Waals surface area contributed by atoms with Crippen molar-refractivity contribution in [3.8, 4) is 0 Å². The van der Waals surface area contributed by atoms with Crippen molar-refractivity contribution >= 4 is 12.6 Å². The number of amides is 1. The molecule has 0 aromatic heterocycles. The molecule has 0 saturated carbocycles. The maximum absolute atomic E-state index is 10.8. The van der Waals surface area contributed by atoms with Gasteiger partial charge in [-0.25, -0.2) is 5.43 Å². The van der Waals surface area contributed by atoms with Gasteiger partial charge in [-0.2, -0.15) is 5.10 Å². The van der Waals surface area contributed by atoms with Crippen LogP contribution in [0, 0.1) is 0 Å². The van der Waals surface area contributed by atoms with E-state index in [-0.39, 0.29) is 5.91 Å². The van der Waals surface area contributed by atoms with E-state index >= 15 is 0 Å². The second-order valence-electron chi connectivity index (χ2n) is 1.68. The second kappa shape index (κ2) is 4.49. The van der Waals surface area contributed by atoms with Crippen LogP contribution in [0.15, 0.2) is 29.4 Å². The molecular formula is C7H10N2O. The van der Waals surface area contributed by atoms with Gasteiger partial charge in [-0.1, -0.05) is 18.7 Å². The van der Waals surface area contributed by atoms with Gasteiger partial charge in [0.05, 0.1) is 0 Å².